The van der Waals surface area contributed by atoms with Crippen LogP contribution in [0.1, 0.15) is 0 Å². The van der Waals surface area contributed by atoms with Crippen molar-refractivity contribution in [1.82, 2.24) is 9.97 Å². The molecule has 0 saturated heterocycles. The monoisotopic (exact) mass is 481 g/mol. The van der Waals surface area contributed by atoms with Crippen molar-refractivity contribution in [2.75, 3.05) is 4.90 Å². The minimum Gasteiger partial charge on any atom is -0.300 e. The first kappa shape index (κ1) is 22.0. The van der Waals surface area contributed by atoms with E-state index in [1.54, 1.807) is 11.3 Å². The quantitative estimate of drug-likeness (QED) is 0.238. The summed E-state index contributed by atoms with van der Waals surface area (Å²) in [7, 11) is 0. The maximum Gasteiger partial charge on any atom is 0.144 e. The Kier molecular flexibility index (Phi) is 6.09. The van der Waals surface area contributed by atoms with Crippen LogP contribution in [-0.4, -0.2) is 9.97 Å². The molecule has 0 atom stereocenters. The largest absolute Gasteiger partial charge is 0.300 e. The molecule has 0 saturated carbocycles. The number of aromatic nitrogens is 2. The molecule has 172 valence electrons. The molecule has 0 amide bonds. The van der Waals surface area contributed by atoms with E-state index in [0.717, 1.165) is 49.5 Å². The zero-order valence-electron chi connectivity index (χ0n) is 19.5. The van der Waals surface area contributed by atoms with Gasteiger partial charge in [0, 0.05) is 28.7 Å². The van der Waals surface area contributed by atoms with Gasteiger partial charge in [-0.3, -0.25) is 4.98 Å². The van der Waals surface area contributed by atoms with E-state index in [0.29, 0.717) is 0 Å². The van der Waals surface area contributed by atoms with Gasteiger partial charge in [-0.05, 0) is 35.9 Å². The van der Waals surface area contributed by atoms with Crippen LogP contribution >= 0.6 is 11.3 Å². The van der Waals surface area contributed by atoms with Gasteiger partial charge < -0.3 is 4.90 Å². The molecule has 0 radical (unpaired) electrons. The lowest BCUT2D eigenvalue weighted by Crippen LogP contribution is -2.09. The van der Waals surface area contributed by atoms with E-state index in [1.807, 2.05) is 42.6 Å². The third-order valence-electron chi connectivity index (χ3n) is 5.98. The van der Waals surface area contributed by atoms with E-state index in [1.165, 1.54) is 0 Å². The number of pyridine rings is 1. The van der Waals surface area contributed by atoms with Crippen LogP contribution < -0.4 is 4.90 Å². The summed E-state index contributed by atoms with van der Waals surface area (Å²) < 4.78 is 0. The van der Waals surface area contributed by atoms with Gasteiger partial charge >= 0.3 is 0 Å². The smallest absolute Gasteiger partial charge is 0.144 e. The van der Waals surface area contributed by atoms with Crippen molar-refractivity contribution >= 4 is 27.7 Å². The fourth-order valence-corrected chi connectivity index (χ4v) is 5.32. The normalized spacial score (nSPS) is 10.8. The van der Waals surface area contributed by atoms with Crippen LogP contribution in [0.3, 0.4) is 0 Å². The van der Waals surface area contributed by atoms with Crippen molar-refractivity contribution in [1.29, 1.82) is 0 Å². The van der Waals surface area contributed by atoms with Crippen LogP contribution in [0.25, 0.3) is 33.1 Å². The van der Waals surface area contributed by atoms with E-state index in [-0.39, 0.29) is 0 Å². The highest BCUT2D eigenvalue weighted by atomic mass is 32.1. The topological polar surface area (TPSA) is 29.0 Å². The molecule has 6 rings (SSSR count). The minimum atomic E-state index is 0.865. The summed E-state index contributed by atoms with van der Waals surface area (Å²) in [6.07, 6.45) is 1.93. The van der Waals surface area contributed by atoms with Crippen molar-refractivity contribution in [2.45, 2.75) is 0 Å². The number of rotatable bonds is 6. The summed E-state index contributed by atoms with van der Waals surface area (Å²) >= 11 is 1.66. The fourth-order valence-electron chi connectivity index (χ4n) is 4.22. The van der Waals surface area contributed by atoms with Crippen LogP contribution in [0.15, 0.2) is 140 Å². The summed E-state index contributed by atoms with van der Waals surface area (Å²) in [5.74, 6) is 0. The molecule has 2 heterocycles. The lowest BCUT2D eigenvalue weighted by atomic mass is 10.1. The molecule has 0 aliphatic heterocycles. The van der Waals surface area contributed by atoms with Gasteiger partial charge in [0.05, 0.1) is 5.69 Å². The van der Waals surface area contributed by atoms with Gasteiger partial charge in [-0.2, -0.15) is 0 Å². The maximum atomic E-state index is 5.14. The molecule has 4 heteroatoms. The highest BCUT2D eigenvalue weighted by Gasteiger charge is 2.23. The first-order chi connectivity index (χ1) is 17.9. The van der Waals surface area contributed by atoms with Gasteiger partial charge in [0.25, 0.3) is 0 Å². The van der Waals surface area contributed by atoms with Gasteiger partial charge in [-0.25, -0.2) is 4.98 Å². The standard InChI is InChI=1S/C32H23N3S/c1-5-13-24(14-6-1)26-21-22-29(33-23-26)31-34-30(25-15-7-2-8-16-25)32(36-31)35(27-17-9-3-10-18-27)28-19-11-4-12-20-28/h1-23H. The molecule has 0 unspecified atom stereocenters. The lowest BCUT2D eigenvalue weighted by molar-refractivity contribution is 1.27. The Morgan fingerprint density at radius 1 is 0.500 bits per heavy atom. The maximum absolute atomic E-state index is 5.14. The van der Waals surface area contributed by atoms with Crippen molar-refractivity contribution in [3.8, 4) is 33.1 Å². The third-order valence-corrected chi connectivity index (χ3v) is 7.04. The van der Waals surface area contributed by atoms with Gasteiger partial charge in [-0.1, -0.05) is 114 Å². The average Bonchev–Trinajstić information content (AvgIpc) is 3.40. The second-order valence-electron chi connectivity index (χ2n) is 8.34. The van der Waals surface area contributed by atoms with E-state index in [9.17, 15) is 0 Å². The molecule has 0 bridgehead atoms. The molecule has 36 heavy (non-hydrogen) atoms. The number of benzene rings is 4. The van der Waals surface area contributed by atoms with Gasteiger partial charge in [0.15, 0.2) is 0 Å². The zero-order valence-corrected chi connectivity index (χ0v) is 20.3. The van der Waals surface area contributed by atoms with Crippen molar-refractivity contribution < 1.29 is 0 Å². The average molecular weight is 482 g/mol. The highest BCUT2D eigenvalue weighted by molar-refractivity contribution is 7.19. The Labute approximate surface area is 215 Å². The second-order valence-corrected chi connectivity index (χ2v) is 9.32. The van der Waals surface area contributed by atoms with E-state index in [4.69, 9.17) is 9.97 Å². The zero-order chi connectivity index (χ0) is 24.2. The fraction of sp³-hybridized carbons (Fsp3) is 0. The molecule has 4 aromatic carbocycles. The minimum absolute atomic E-state index is 0.865. The Morgan fingerprint density at radius 2 is 1.03 bits per heavy atom. The molecule has 0 spiro atoms. The summed E-state index contributed by atoms with van der Waals surface area (Å²) in [5.41, 5.74) is 7.30. The highest BCUT2D eigenvalue weighted by Crippen LogP contribution is 2.46. The van der Waals surface area contributed by atoms with Crippen LogP contribution in [0.5, 0.6) is 0 Å². The summed E-state index contributed by atoms with van der Waals surface area (Å²) in [6.45, 7) is 0. The van der Waals surface area contributed by atoms with E-state index >= 15 is 0 Å². The number of nitrogens with zero attached hydrogens (tertiary/aromatic N) is 3. The third kappa shape index (κ3) is 4.42. The molecule has 0 aliphatic carbocycles. The summed E-state index contributed by atoms with van der Waals surface area (Å²) in [4.78, 5) is 12.2. The van der Waals surface area contributed by atoms with Crippen LogP contribution in [0.4, 0.5) is 16.4 Å². The van der Waals surface area contributed by atoms with E-state index < -0.39 is 0 Å². The van der Waals surface area contributed by atoms with Gasteiger partial charge in [0.2, 0.25) is 0 Å². The van der Waals surface area contributed by atoms with Crippen LogP contribution in [-0.2, 0) is 0 Å². The Morgan fingerprint density at radius 3 is 1.56 bits per heavy atom. The number of anilines is 3. The van der Waals surface area contributed by atoms with Crippen molar-refractivity contribution in [3.05, 3.63) is 140 Å². The molecule has 0 fully saturated rings. The first-order valence-electron chi connectivity index (χ1n) is 11.9. The number of hydrogen-bond donors (Lipinski definition) is 0. The Balaban J connectivity index is 1.50. The van der Waals surface area contributed by atoms with E-state index in [2.05, 4.69) is 102 Å². The predicted octanol–water partition coefficient (Wildman–Crippen LogP) is 9.01. The summed E-state index contributed by atoms with van der Waals surface area (Å²) in [5, 5.41) is 1.95. The van der Waals surface area contributed by atoms with Crippen LogP contribution in [0, 0.1) is 0 Å². The molecular weight excluding hydrogens is 458 g/mol. The second kappa shape index (κ2) is 9.98. The SMILES string of the molecule is c1ccc(-c2ccc(-c3nc(-c4ccccc4)c(N(c4ccccc4)c4ccccc4)s3)nc2)cc1. The number of para-hydroxylation sites is 2. The number of hydrogen-bond acceptors (Lipinski definition) is 4. The molecule has 0 aliphatic rings. The molecule has 2 aromatic heterocycles. The Bertz CT molecular complexity index is 1510. The molecule has 0 N–H and O–H groups in total. The van der Waals surface area contributed by atoms with Gasteiger partial charge in [0.1, 0.15) is 15.7 Å². The first-order valence-corrected chi connectivity index (χ1v) is 12.7. The molecule has 3 nitrogen and oxygen atoms in total. The molecular formula is C32H23N3S. The van der Waals surface area contributed by atoms with Gasteiger partial charge in [-0.15, -0.1) is 0 Å². The lowest BCUT2D eigenvalue weighted by Gasteiger charge is -2.24. The van der Waals surface area contributed by atoms with Crippen molar-refractivity contribution in [3.63, 3.8) is 0 Å². The summed E-state index contributed by atoms with van der Waals surface area (Å²) in [6, 6.07) is 45.8. The molecule has 6 aromatic rings. The predicted molar refractivity (Wildman–Crippen MR) is 151 cm³/mol. The van der Waals surface area contributed by atoms with Crippen LogP contribution in [0.2, 0.25) is 0 Å². The number of thiazole rings is 1. The van der Waals surface area contributed by atoms with Crippen molar-refractivity contribution in [2.24, 2.45) is 0 Å². The Hall–Kier alpha value is -4.54.